The normalized spacial score (nSPS) is 14.6. The summed E-state index contributed by atoms with van der Waals surface area (Å²) in [6.07, 6.45) is 2.00. The molecule has 2 aromatic carbocycles. The summed E-state index contributed by atoms with van der Waals surface area (Å²) in [5, 5.41) is 3.40. The highest BCUT2D eigenvalue weighted by molar-refractivity contribution is 5.33. The van der Waals surface area contributed by atoms with Crippen LogP contribution in [0.15, 0.2) is 42.5 Å². The van der Waals surface area contributed by atoms with Gasteiger partial charge in [0.25, 0.3) is 0 Å². The maximum absolute atomic E-state index is 13.1. The van der Waals surface area contributed by atoms with E-state index in [1.54, 1.807) is 6.07 Å². The Hall–Kier alpha value is -1.74. The minimum Gasteiger partial charge on any atom is -0.309 e. The fraction of sp³-hybridized carbons (Fsp3) is 0.250. The van der Waals surface area contributed by atoms with Crippen molar-refractivity contribution in [3.05, 3.63) is 70.8 Å². The summed E-state index contributed by atoms with van der Waals surface area (Å²) in [5.41, 5.74) is 3.53. The maximum Gasteiger partial charge on any atom is 0.159 e. The molecule has 0 saturated carbocycles. The standard InChI is InChI=1S/C16H15F2N/c17-15-6-5-11(7-16(15)18)10-19-14-8-12-3-1-2-4-13(12)9-14/h1-7,14,19H,8-10H2. The Balaban J connectivity index is 1.61. The Labute approximate surface area is 111 Å². The number of benzene rings is 2. The van der Waals surface area contributed by atoms with Crippen molar-refractivity contribution < 1.29 is 8.78 Å². The first-order valence-electron chi connectivity index (χ1n) is 6.46. The van der Waals surface area contributed by atoms with Crippen LogP contribution in [0.2, 0.25) is 0 Å². The first kappa shape index (κ1) is 12.3. The average Bonchev–Trinajstić information content (AvgIpc) is 2.83. The molecule has 0 unspecified atom stereocenters. The van der Waals surface area contributed by atoms with Crippen molar-refractivity contribution >= 4 is 0 Å². The predicted molar refractivity (Wildman–Crippen MR) is 70.8 cm³/mol. The first-order valence-corrected chi connectivity index (χ1v) is 6.46. The van der Waals surface area contributed by atoms with Crippen LogP contribution in [-0.4, -0.2) is 6.04 Å². The molecule has 0 fully saturated rings. The molecular weight excluding hydrogens is 244 g/mol. The minimum atomic E-state index is -0.794. The third kappa shape index (κ3) is 2.66. The fourth-order valence-corrected chi connectivity index (χ4v) is 2.61. The summed E-state index contributed by atoms with van der Waals surface area (Å²) in [6.45, 7) is 0.565. The molecule has 0 aliphatic heterocycles. The van der Waals surface area contributed by atoms with Crippen molar-refractivity contribution in [3.8, 4) is 0 Å². The smallest absolute Gasteiger partial charge is 0.159 e. The maximum atomic E-state index is 13.1. The molecule has 0 amide bonds. The number of nitrogens with one attached hydrogen (secondary N) is 1. The Bertz CT molecular complexity index is 570. The number of hydrogen-bond acceptors (Lipinski definition) is 1. The number of rotatable bonds is 3. The second-order valence-electron chi connectivity index (χ2n) is 5.00. The Morgan fingerprint density at radius 3 is 2.26 bits per heavy atom. The van der Waals surface area contributed by atoms with Crippen LogP contribution in [0.5, 0.6) is 0 Å². The topological polar surface area (TPSA) is 12.0 Å². The van der Waals surface area contributed by atoms with Gasteiger partial charge in [-0.1, -0.05) is 30.3 Å². The molecule has 98 valence electrons. The SMILES string of the molecule is Fc1ccc(CNC2Cc3ccccc3C2)cc1F. The largest absolute Gasteiger partial charge is 0.309 e. The van der Waals surface area contributed by atoms with Crippen molar-refractivity contribution in [2.24, 2.45) is 0 Å². The Kier molecular flexibility index (Phi) is 3.30. The number of hydrogen-bond donors (Lipinski definition) is 1. The molecule has 2 aromatic rings. The quantitative estimate of drug-likeness (QED) is 0.892. The van der Waals surface area contributed by atoms with E-state index in [0.717, 1.165) is 18.4 Å². The molecule has 3 rings (SSSR count). The predicted octanol–water partition coefficient (Wildman–Crippen LogP) is 3.22. The van der Waals surface area contributed by atoms with Gasteiger partial charge in [0.15, 0.2) is 11.6 Å². The van der Waals surface area contributed by atoms with Gasteiger partial charge in [0.05, 0.1) is 0 Å². The molecule has 3 heteroatoms. The molecular formula is C16H15F2N. The van der Waals surface area contributed by atoms with E-state index in [1.165, 1.54) is 23.3 Å². The van der Waals surface area contributed by atoms with E-state index in [0.29, 0.717) is 12.6 Å². The van der Waals surface area contributed by atoms with Gasteiger partial charge in [-0.25, -0.2) is 8.78 Å². The van der Waals surface area contributed by atoms with Crippen LogP contribution in [0.3, 0.4) is 0 Å². The van der Waals surface area contributed by atoms with Gasteiger partial charge in [-0.3, -0.25) is 0 Å². The van der Waals surface area contributed by atoms with Crippen LogP contribution >= 0.6 is 0 Å². The van der Waals surface area contributed by atoms with Gasteiger partial charge >= 0.3 is 0 Å². The lowest BCUT2D eigenvalue weighted by atomic mass is 10.1. The summed E-state index contributed by atoms with van der Waals surface area (Å²) in [4.78, 5) is 0. The molecule has 1 aliphatic carbocycles. The van der Waals surface area contributed by atoms with Gasteiger partial charge in [-0.15, -0.1) is 0 Å². The molecule has 0 aromatic heterocycles. The molecule has 1 N–H and O–H groups in total. The van der Waals surface area contributed by atoms with Crippen LogP contribution in [-0.2, 0) is 19.4 Å². The van der Waals surface area contributed by atoms with Crippen molar-refractivity contribution in [3.63, 3.8) is 0 Å². The third-order valence-corrected chi connectivity index (χ3v) is 3.63. The molecule has 0 saturated heterocycles. The Morgan fingerprint density at radius 2 is 1.63 bits per heavy atom. The van der Waals surface area contributed by atoms with Gasteiger partial charge in [-0.2, -0.15) is 0 Å². The lowest BCUT2D eigenvalue weighted by Gasteiger charge is -2.12. The fourth-order valence-electron chi connectivity index (χ4n) is 2.61. The molecule has 0 heterocycles. The summed E-state index contributed by atoms with van der Waals surface area (Å²) < 4.78 is 25.9. The van der Waals surface area contributed by atoms with Crippen LogP contribution in [0, 0.1) is 11.6 Å². The van der Waals surface area contributed by atoms with E-state index in [-0.39, 0.29) is 0 Å². The highest BCUT2D eigenvalue weighted by Gasteiger charge is 2.20. The second-order valence-corrected chi connectivity index (χ2v) is 5.00. The second kappa shape index (κ2) is 5.10. The van der Waals surface area contributed by atoms with E-state index >= 15 is 0 Å². The summed E-state index contributed by atoms with van der Waals surface area (Å²) >= 11 is 0. The van der Waals surface area contributed by atoms with Gasteiger partial charge in [-0.05, 0) is 41.7 Å². The van der Waals surface area contributed by atoms with Gasteiger partial charge in [0, 0.05) is 12.6 Å². The van der Waals surface area contributed by atoms with E-state index in [2.05, 4.69) is 29.6 Å². The van der Waals surface area contributed by atoms with Gasteiger partial charge < -0.3 is 5.32 Å². The zero-order valence-corrected chi connectivity index (χ0v) is 10.5. The molecule has 0 bridgehead atoms. The van der Waals surface area contributed by atoms with Crippen molar-refractivity contribution in [1.29, 1.82) is 0 Å². The van der Waals surface area contributed by atoms with E-state index in [4.69, 9.17) is 0 Å². The summed E-state index contributed by atoms with van der Waals surface area (Å²) in [7, 11) is 0. The van der Waals surface area contributed by atoms with E-state index < -0.39 is 11.6 Å². The van der Waals surface area contributed by atoms with Gasteiger partial charge in [0.2, 0.25) is 0 Å². The highest BCUT2D eigenvalue weighted by atomic mass is 19.2. The molecule has 1 aliphatic rings. The lowest BCUT2D eigenvalue weighted by Crippen LogP contribution is -2.29. The minimum absolute atomic E-state index is 0.380. The lowest BCUT2D eigenvalue weighted by molar-refractivity contribution is 0.500. The van der Waals surface area contributed by atoms with Crippen LogP contribution in [0.25, 0.3) is 0 Å². The van der Waals surface area contributed by atoms with Crippen molar-refractivity contribution in [1.82, 2.24) is 5.32 Å². The summed E-state index contributed by atoms with van der Waals surface area (Å²) in [6, 6.07) is 12.8. The van der Waals surface area contributed by atoms with Crippen molar-refractivity contribution in [2.45, 2.75) is 25.4 Å². The molecule has 0 radical (unpaired) electrons. The van der Waals surface area contributed by atoms with Crippen LogP contribution in [0.1, 0.15) is 16.7 Å². The third-order valence-electron chi connectivity index (χ3n) is 3.63. The summed E-state index contributed by atoms with van der Waals surface area (Å²) in [5.74, 6) is -1.58. The first-order chi connectivity index (χ1) is 9.22. The van der Waals surface area contributed by atoms with Gasteiger partial charge in [0.1, 0.15) is 0 Å². The highest BCUT2D eigenvalue weighted by Crippen LogP contribution is 2.22. The zero-order chi connectivity index (χ0) is 13.2. The molecule has 1 nitrogen and oxygen atoms in total. The van der Waals surface area contributed by atoms with Crippen LogP contribution in [0.4, 0.5) is 8.78 Å². The van der Waals surface area contributed by atoms with Crippen molar-refractivity contribution in [2.75, 3.05) is 0 Å². The Morgan fingerprint density at radius 1 is 0.947 bits per heavy atom. The zero-order valence-electron chi connectivity index (χ0n) is 10.5. The van der Waals surface area contributed by atoms with Crippen LogP contribution < -0.4 is 5.32 Å². The van der Waals surface area contributed by atoms with E-state index in [1.807, 2.05) is 0 Å². The molecule has 0 atom stereocenters. The molecule has 19 heavy (non-hydrogen) atoms. The monoisotopic (exact) mass is 259 g/mol. The number of halogens is 2. The average molecular weight is 259 g/mol. The number of fused-ring (bicyclic) bond motifs is 1. The molecule has 0 spiro atoms. The van der Waals surface area contributed by atoms with E-state index in [9.17, 15) is 8.78 Å².